The van der Waals surface area contributed by atoms with E-state index in [1.807, 2.05) is 0 Å². The minimum absolute atomic E-state index is 0.0383. The standard InChI is InChI=1S/C12H10FN3O3/c1-19-6-2-3-7(9(13)4-6)8-5-10(17)15-16-11(8)12(14)18/h2-5H,1H3,(H2,14,18)(H,15,17). The van der Waals surface area contributed by atoms with E-state index in [2.05, 4.69) is 10.2 Å². The maximum Gasteiger partial charge on any atom is 0.269 e. The largest absolute Gasteiger partial charge is 0.497 e. The average Bonchev–Trinajstić information content (AvgIpc) is 2.38. The number of H-pyrrole nitrogens is 1. The fraction of sp³-hybridized carbons (Fsp3) is 0.0833. The van der Waals surface area contributed by atoms with Crippen LogP contribution in [-0.2, 0) is 0 Å². The third kappa shape index (κ3) is 2.44. The van der Waals surface area contributed by atoms with E-state index in [1.165, 1.54) is 19.2 Å². The van der Waals surface area contributed by atoms with Crippen LogP contribution < -0.4 is 16.0 Å². The van der Waals surface area contributed by atoms with E-state index in [0.29, 0.717) is 5.75 Å². The molecule has 0 aliphatic heterocycles. The molecule has 0 atom stereocenters. The average molecular weight is 263 g/mol. The molecular formula is C12H10FN3O3. The molecule has 3 N–H and O–H groups in total. The van der Waals surface area contributed by atoms with Crippen LogP contribution in [0.15, 0.2) is 29.1 Å². The summed E-state index contributed by atoms with van der Waals surface area (Å²) >= 11 is 0. The molecule has 98 valence electrons. The van der Waals surface area contributed by atoms with Gasteiger partial charge in [-0.15, -0.1) is 0 Å². The van der Waals surface area contributed by atoms with Gasteiger partial charge in [-0.1, -0.05) is 0 Å². The molecule has 19 heavy (non-hydrogen) atoms. The number of ether oxygens (including phenoxy) is 1. The molecule has 0 saturated carbocycles. The Kier molecular flexibility index (Phi) is 3.28. The zero-order valence-electron chi connectivity index (χ0n) is 9.94. The van der Waals surface area contributed by atoms with Crippen molar-refractivity contribution in [1.82, 2.24) is 10.2 Å². The predicted octanol–water partition coefficient (Wildman–Crippen LogP) is 0.684. The third-order valence-corrected chi connectivity index (χ3v) is 2.51. The Morgan fingerprint density at radius 1 is 1.37 bits per heavy atom. The minimum atomic E-state index is -0.860. The summed E-state index contributed by atoms with van der Waals surface area (Å²) in [6, 6.07) is 5.10. The van der Waals surface area contributed by atoms with Gasteiger partial charge in [0.25, 0.3) is 11.5 Å². The van der Waals surface area contributed by atoms with Crippen LogP contribution in [0.5, 0.6) is 5.75 Å². The van der Waals surface area contributed by atoms with Crippen LogP contribution >= 0.6 is 0 Å². The lowest BCUT2D eigenvalue weighted by Crippen LogP contribution is -2.19. The minimum Gasteiger partial charge on any atom is -0.497 e. The van der Waals surface area contributed by atoms with Gasteiger partial charge in [-0.2, -0.15) is 5.10 Å². The number of primary amides is 1. The van der Waals surface area contributed by atoms with Crippen molar-refractivity contribution in [3.05, 3.63) is 46.1 Å². The summed E-state index contributed by atoms with van der Waals surface area (Å²) in [6.07, 6.45) is 0. The van der Waals surface area contributed by atoms with Crippen LogP contribution in [0, 0.1) is 5.82 Å². The molecule has 0 aliphatic carbocycles. The molecule has 2 rings (SSSR count). The Morgan fingerprint density at radius 3 is 2.68 bits per heavy atom. The number of amides is 1. The molecule has 0 saturated heterocycles. The molecule has 0 radical (unpaired) electrons. The van der Waals surface area contributed by atoms with Gasteiger partial charge in [-0.05, 0) is 12.1 Å². The lowest BCUT2D eigenvalue weighted by Gasteiger charge is -2.07. The Labute approximate surface area is 107 Å². The molecule has 0 fully saturated rings. The van der Waals surface area contributed by atoms with E-state index in [4.69, 9.17) is 10.5 Å². The number of carbonyl (C=O) groups is 1. The number of carbonyl (C=O) groups excluding carboxylic acids is 1. The molecule has 1 aromatic carbocycles. The summed E-state index contributed by atoms with van der Waals surface area (Å²) in [5, 5.41) is 5.61. The van der Waals surface area contributed by atoms with Crippen LogP contribution in [-0.4, -0.2) is 23.2 Å². The van der Waals surface area contributed by atoms with Crippen molar-refractivity contribution >= 4 is 5.91 Å². The van der Waals surface area contributed by atoms with Gasteiger partial charge in [0.2, 0.25) is 0 Å². The van der Waals surface area contributed by atoms with Gasteiger partial charge < -0.3 is 10.5 Å². The second kappa shape index (κ2) is 4.89. The number of nitrogens with two attached hydrogens (primary N) is 1. The second-order valence-corrected chi connectivity index (χ2v) is 3.70. The van der Waals surface area contributed by atoms with Gasteiger partial charge in [-0.25, -0.2) is 9.49 Å². The first-order valence-electron chi connectivity index (χ1n) is 5.26. The summed E-state index contributed by atoms with van der Waals surface area (Å²) in [4.78, 5) is 22.5. The molecule has 0 aliphatic rings. The highest BCUT2D eigenvalue weighted by molar-refractivity contribution is 5.97. The third-order valence-electron chi connectivity index (χ3n) is 2.51. The number of hydrogen-bond donors (Lipinski definition) is 2. The lowest BCUT2D eigenvalue weighted by molar-refractivity contribution is 0.0995. The molecule has 2 aromatic rings. The summed E-state index contributed by atoms with van der Waals surface area (Å²) in [5.74, 6) is -1.18. The fourth-order valence-corrected chi connectivity index (χ4v) is 1.64. The highest BCUT2D eigenvalue weighted by atomic mass is 19.1. The van der Waals surface area contributed by atoms with Gasteiger partial charge >= 0.3 is 0 Å². The zero-order chi connectivity index (χ0) is 14.0. The molecule has 0 unspecified atom stereocenters. The summed E-state index contributed by atoms with van der Waals surface area (Å²) < 4.78 is 18.8. The Morgan fingerprint density at radius 2 is 2.11 bits per heavy atom. The van der Waals surface area contributed by atoms with Crippen molar-refractivity contribution in [1.29, 1.82) is 0 Å². The molecule has 1 aromatic heterocycles. The van der Waals surface area contributed by atoms with Crippen LogP contribution in [0.2, 0.25) is 0 Å². The molecule has 7 heteroatoms. The Balaban J connectivity index is 2.67. The van der Waals surface area contributed by atoms with Crippen LogP contribution in [0.1, 0.15) is 10.5 Å². The highest BCUT2D eigenvalue weighted by Gasteiger charge is 2.16. The second-order valence-electron chi connectivity index (χ2n) is 3.70. The van der Waals surface area contributed by atoms with Crippen molar-refractivity contribution in [3.8, 4) is 16.9 Å². The van der Waals surface area contributed by atoms with Crippen molar-refractivity contribution in [3.63, 3.8) is 0 Å². The number of aromatic amines is 1. The monoisotopic (exact) mass is 263 g/mol. The van der Waals surface area contributed by atoms with Gasteiger partial charge in [-0.3, -0.25) is 9.59 Å². The number of halogens is 1. The fourth-order valence-electron chi connectivity index (χ4n) is 1.64. The van der Waals surface area contributed by atoms with E-state index in [-0.39, 0.29) is 16.8 Å². The molecule has 1 amide bonds. The maximum atomic E-state index is 13.9. The van der Waals surface area contributed by atoms with Gasteiger partial charge in [0.05, 0.1) is 7.11 Å². The van der Waals surface area contributed by atoms with Crippen LogP contribution in [0.3, 0.4) is 0 Å². The number of methoxy groups -OCH3 is 1. The number of nitrogens with zero attached hydrogens (tertiary/aromatic N) is 1. The van der Waals surface area contributed by atoms with Crippen molar-refractivity contribution in [2.75, 3.05) is 7.11 Å². The SMILES string of the molecule is COc1ccc(-c2cc(=O)[nH]nc2C(N)=O)c(F)c1. The van der Waals surface area contributed by atoms with E-state index in [9.17, 15) is 14.0 Å². The smallest absolute Gasteiger partial charge is 0.269 e. The molecular weight excluding hydrogens is 253 g/mol. The van der Waals surface area contributed by atoms with Gasteiger partial charge in [0, 0.05) is 23.3 Å². The van der Waals surface area contributed by atoms with Crippen LogP contribution in [0.4, 0.5) is 4.39 Å². The van der Waals surface area contributed by atoms with E-state index in [1.54, 1.807) is 0 Å². The predicted molar refractivity (Wildman–Crippen MR) is 65.3 cm³/mol. The first kappa shape index (κ1) is 12.7. The summed E-state index contributed by atoms with van der Waals surface area (Å²) in [7, 11) is 1.40. The summed E-state index contributed by atoms with van der Waals surface area (Å²) in [6.45, 7) is 0. The lowest BCUT2D eigenvalue weighted by atomic mass is 10.0. The topological polar surface area (TPSA) is 98.1 Å². The Bertz CT molecular complexity index is 697. The van der Waals surface area contributed by atoms with Crippen LogP contribution in [0.25, 0.3) is 11.1 Å². The van der Waals surface area contributed by atoms with E-state index < -0.39 is 17.3 Å². The number of hydrogen-bond acceptors (Lipinski definition) is 4. The first-order valence-corrected chi connectivity index (χ1v) is 5.26. The number of rotatable bonds is 3. The van der Waals surface area contributed by atoms with Crippen molar-refractivity contribution < 1.29 is 13.9 Å². The molecule has 6 nitrogen and oxygen atoms in total. The number of aromatic nitrogens is 2. The molecule has 0 bridgehead atoms. The normalized spacial score (nSPS) is 10.2. The zero-order valence-corrected chi connectivity index (χ0v) is 9.94. The van der Waals surface area contributed by atoms with Gasteiger partial charge in [0.1, 0.15) is 11.6 Å². The van der Waals surface area contributed by atoms with Crippen molar-refractivity contribution in [2.24, 2.45) is 5.73 Å². The molecule has 1 heterocycles. The number of nitrogens with one attached hydrogen (secondary N) is 1. The maximum absolute atomic E-state index is 13.9. The Hall–Kier alpha value is -2.70. The molecule has 0 spiro atoms. The quantitative estimate of drug-likeness (QED) is 0.850. The van der Waals surface area contributed by atoms with E-state index in [0.717, 1.165) is 12.1 Å². The van der Waals surface area contributed by atoms with Crippen molar-refractivity contribution in [2.45, 2.75) is 0 Å². The first-order chi connectivity index (χ1) is 9.02. The van der Waals surface area contributed by atoms with Gasteiger partial charge in [0.15, 0.2) is 5.69 Å². The number of benzene rings is 1. The summed E-state index contributed by atoms with van der Waals surface area (Å²) in [5.41, 5.74) is 4.46. The highest BCUT2D eigenvalue weighted by Crippen LogP contribution is 2.26. The van der Waals surface area contributed by atoms with E-state index >= 15 is 0 Å².